The van der Waals surface area contributed by atoms with E-state index in [1.807, 2.05) is 63.2 Å². The molecule has 2 aromatic carbocycles. The summed E-state index contributed by atoms with van der Waals surface area (Å²) >= 11 is 1.32. The molecule has 1 heterocycles. The summed E-state index contributed by atoms with van der Waals surface area (Å²) in [5.74, 6) is -0.0452. The minimum Gasteiger partial charge on any atom is -0.355 e. The number of hydrogen-bond donors (Lipinski definition) is 1. The van der Waals surface area contributed by atoms with Crippen LogP contribution in [0.4, 0.5) is 0 Å². The van der Waals surface area contributed by atoms with Gasteiger partial charge in [0.1, 0.15) is 0 Å². The molecule has 0 spiro atoms. The fourth-order valence-electron chi connectivity index (χ4n) is 2.86. The molecule has 3 aromatic rings. The Morgan fingerprint density at radius 2 is 1.89 bits per heavy atom. The largest absolute Gasteiger partial charge is 0.355 e. The Labute approximate surface area is 169 Å². The number of nitrogens with one attached hydrogen (secondary N) is 1. The van der Waals surface area contributed by atoms with E-state index in [9.17, 15) is 9.59 Å². The molecule has 1 N–H and O–H groups in total. The van der Waals surface area contributed by atoms with Gasteiger partial charge < -0.3 is 5.32 Å². The molecule has 1 atom stereocenters. The van der Waals surface area contributed by atoms with Crippen molar-refractivity contribution in [2.75, 3.05) is 6.54 Å². The maximum absolute atomic E-state index is 13.2. The summed E-state index contributed by atoms with van der Waals surface area (Å²) in [6.45, 7) is 6.95. The first-order valence-corrected chi connectivity index (χ1v) is 10.4. The fraction of sp³-hybridized carbons (Fsp3) is 0.318. The molecule has 0 aliphatic rings. The molecule has 0 bridgehead atoms. The van der Waals surface area contributed by atoms with E-state index in [2.05, 4.69) is 5.32 Å². The summed E-state index contributed by atoms with van der Waals surface area (Å²) in [6, 6.07) is 15.4. The van der Waals surface area contributed by atoms with Crippen molar-refractivity contribution in [1.82, 2.24) is 14.9 Å². The second kappa shape index (κ2) is 9.06. The molecule has 1 amide bonds. The molecule has 0 unspecified atom stereocenters. The number of nitrogens with zero attached hydrogens (tertiary/aromatic N) is 2. The highest BCUT2D eigenvalue weighted by Gasteiger charge is 2.19. The van der Waals surface area contributed by atoms with Crippen molar-refractivity contribution >= 4 is 28.6 Å². The maximum atomic E-state index is 13.2. The Balaban J connectivity index is 2.00. The van der Waals surface area contributed by atoms with Crippen molar-refractivity contribution in [2.24, 2.45) is 0 Å². The van der Waals surface area contributed by atoms with Crippen molar-refractivity contribution in [3.63, 3.8) is 0 Å². The lowest BCUT2D eigenvalue weighted by Crippen LogP contribution is -2.32. The van der Waals surface area contributed by atoms with Crippen LogP contribution in [0.3, 0.4) is 0 Å². The number of aromatic nitrogens is 2. The summed E-state index contributed by atoms with van der Waals surface area (Å²) in [7, 11) is 0. The minimum absolute atomic E-state index is 0.0452. The lowest BCUT2D eigenvalue weighted by atomic mass is 10.1. The van der Waals surface area contributed by atoms with Crippen LogP contribution in [0, 0.1) is 6.92 Å². The van der Waals surface area contributed by atoms with Crippen molar-refractivity contribution in [3.05, 3.63) is 70.0 Å². The van der Waals surface area contributed by atoms with Gasteiger partial charge in [-0.25, -0.2) is 4.98 Å². The summed E-state index contributed by atoms with van der Waals surface area (Å²) in [5.41, 5.74) is 2.75. The van der Waals surface area contributed by atoms with Gasteiger partial charge in [0.05, 0.1) is 22.7 Å². The SMILES string of the molecule is CCCNC(=O)[C@@H](C)Sc1nc2ccccc2c(=O)n1Cc1ccc(C)cc1. The molecule has 0 aliphatic carbocycles. The topological polar surface area (TPSA) is 64.0 Å². The van der Waals surface area contributed by atoms with Crippen LogP contribution < -0.4 is 10.9 Å². The number of aryl methyl sites for hydroxylation is 1. The zero-order valence-corrected chi connectivity index (χ0v) is 17.3. The molecule has 6 heteroatoms. The van der Waals surface area contributed by atoms with E-state index in [4.69, 9.17) is 4.98 Å². The molecule has 0 saturated carbocycles. The Morgan fingerprint density at radius 3 is 2.61 bits per heavy atom. The fourth-order valence-corrected chi connectivity index (χ4v) is 3.79. The molecular weight excluding hydrogens is 370 g/mol. The molecule has 5 nitrogen and oxygen atoms in total. The van der Waals surface area contributed by atoms with Crippen molar-refractivity contribution in [3.8, 4) is 0 Å². The van der Waals surface area contributed by atoms with Crippen LogP contribution in [0.15, 0.2) is 58.5 Å². The molecule has 0 aliphatic heterocycles. The second-order valence-electron chi connectivity index (χ2n) is 6.84. The molecule has 0 fully saturated rings. The summed E-state index contributed by atoms with van der Waals surface area (Å²) in [6.07, 6.45) is 0.884. The first kappa shape index (κ1) is 20.1. The lowest BCUT2D eigenvalue weighted by molar-refractivity contribution is -0.120. The third-order valence-electron chi connectivity index (χ3n) is 4.49. The van der Waals surface area contributed by atoms with Gasteiger partial charge in [0.2, 0.25) is 5.91 Å². The van der Waals surface area contributed by atoms with Crippen LogP contribution in [0.2, 0.25) is 0 Å². The number of rotatable bonds is 7. The summed E-state index contributed by atoms with van der Waals surface area (Å²) < 4.78 is 1.67. The monoisotopic (exact) mass is 395 g/mol. The average molecular weight is 396 g/mol. The standard InChI is InChI=1S/C22H25N3O2S/c1-4-13-23-20(26)16(3)28-22-24-19-8-6-5-7-18(19)21(27)25(22)14-17-11-9-15(2)10-12-17/h5-12,16H,4,13-14H2,1-3H3,(H,23,26)/t16-/m1/s1. The lowest BCUT2D eigenvalue weighted by Gasteiger charge is -2.16. The smallest absolute Gasteiger partial charge is 0.262 e. The van der Waals surface area contributed by atoms with Crippen molar-refractivity contribution < 1.29 is 4.79 Å². The molecule has 3 rings (SSSR count). The highest BCUT2D eigenvalue weighted by atomic mass is 32.2. The van der Waals surface area contributed by atoms with Gasteiger partial charge >= 0.3 is 0 Å². The van der Waals surface area contributed by atoms with Gasteiger partial charge in [-0.15, -0.1) is 0 Å². The third-order valence-corrected chi connectivity index (χ3v) is 5.58. The molecule has 28 heavy (non-hydrogen) atoms. The van der Waals surface area contributed by atoms with E-state index in [1.54, 1.807) is 10.6 Å². The summed E-state index contributed by atoms with van der Waals surface area (Å²) in [4.78, 5) is 30.2. The Morgan fingerprint density at radius 1 is 1.18 bits per heavy atom. The van der Waals surface area contributed by atoms with Gasteiger partial charge in [0, 0.05) is 6.54 Å². The number of thioether (sulfide) groups is 1. The van der Waals surface area contributed by atoms with E-state index < -0.39 is 0 Å². The predicted molar refractivity (Wildman–Crippen MR) is 115 cm³/mol. The minimum atomic E-state index is -0.344. The van der Waals surface area contributed by atoms with E-state index in [-0.39, 0.29) is 16.7 Å². The number of para-hydroxylation sites is 1. The van der Waals surface area contributed by atoms with Gasteiger partial charge in [-0.05, 0) is 38.0 Å². The van der Waals surface area contributed by atoms with E-state index in [0.29, 0.717) is 29.1 Å². The number of carbonyl (C=O) groups is 1. The van der Waals surface area contributed by atoms with Crippen LogP contribution >= 0.6 is 11.8 Å². The first-order chi connectivity index (χ1) is 13.5. The quantitative estimate of drug-likeness (QED) is 0.489. The van der Waals surface area contributed by atoms with Crippen molar-refractivity contribution in [2.45, 2.75) is 44.1 Å². The normalized spacial score (nSPS) is 12.1. The molecule has 0 radical (unpaired) electrons. The van der Waals surface area contributed by atoms with Gasteiger partial charge in [-0.1, -0.05) is 60.6 Å². The van der Waals surface area contributed by atoms with Gasteiger partial charge in [-0.3, -0.25) is 14.2 Å². The number of amides is 1. The Bertz CT molecular complexity index is 1030. The van der Waals surface area contributed by atoms with E-state index >= 15 is 0 Å². The second-order valence-corrected chi connectivity index (χ2v) is 8.15. The van der Waals surface area contributed by atoms with Crippen LogP contribution in [-0.2, 0) is 11.3 Å². The van der Waals surface area contributed by atoms with Gasteiger partial charge in [0.25, 0.3) is 5.56 Å². The summed E-state index contributed by atoms with van der Waals surface area (Å²) in [5, 5.41) is 3.70. The Kier molecular flexibility index (Phi) is 6.52. The van der Waals surface area contributed by atoms with Crippen LogP contribution in [0.5, 0.6) is 0 Å². The van der Waals surface area contributed by atoms with Crippen LogP contribution in [-0.4, -0.2) is 27.3 Å². The van der Waals surface area contributed by atoms with Crippen molar-refractivity contribution in [1.29, 1.82) is 0 Å². The third kappa shape index (κ3) is 4.62. The highest BCUT2D eigenvalue weighted by molar-refractivity contribution is 8.00. The molecule has 146 valence electrons. The molecule has 0 saturated heterocycles. The number of carbonyl (C=O) groups excluding carboxylic acids is 1. The van der Waals surface area contributed by atoms with Crippen LogP contribution in [0.25, 0.3) is 10.9 Å². The highest BCUT2D eigenvalue weighted by Crippen LogP contribution is 2.23. The van der Waals surface area contributed by atoms with Gasteiger partial charge in [0.15, 0.2) is 5.16 Å². The van der Waals surface area contributed by atoms with Crippen LogP contribution in [0.1, 0.15) is 31.4 Å². The molecule has 1 aromatic heterocycles. The number of hydrogen-bond acceptors (Lipinski definition) is 4. The molecular formula is C22H25N3O2S. The number of fused-ring (bicyclic) bond motifs is 1. The average Bonchev–Trinajstić information content (AvgIpc) is 2.70. The first-order valence-electron chi connectivity index (χ1n) is 9.49. The maximum Gasteiger partial charge on any atom is 0.262 e. The van der Waals surface area contributed by atoms with Gasteiger partial charge in [-0.2, -0.15) is 0 Å². The van der Waals surface area contributed by atoms with E-state index in [1.165, 1.54) is 17.3 Å². The number of benzene rings is 2. The zero-order valence-electron chi connectivity index (χ0n) is 16.4. The van der Waals surface area contributed by atoms with E-state index in [0.717, 1.165) is 12.0 Å². The Hall–Kier alpha value is -2.60. The zero-order chi connectivity index (χ0) is 20.1. The predicted octanol–water partition coefficient (Wildman–Crippen LogP) is 3.76.